The van der Waals surface area contributed by atoms with Crippen LogP contribution in [0.1, 0.15) is 25.3 Å². The number of rotatable bonds is 4. The SMILES string of the molecule is CC1(NC(=O)C(C#N)Cc2ccccc2)CCOCC1. The molecule has 1 heterocycles. The van der Waals surface area contributed by atoms with Crippen LogP contribution < -0.4 is 5.32 Å². The van der Waals surface area contributed by atoms with E-state index in [4.69, 9.17) is 4.74 Å². The van der Waals surface area contributed by atoms with E-state index in [0.717, 1.165) is 18.4 Å². The highest BCUT2D eigenvalue weighted by atomic mass is 16.5. The Morgan fingerprint density at radius 1 is 1.40 bits per heavy atom. The molecule has 106 valence electrons. The maximum atomic E-state index is 12.3. The number of benzene rings is 1. The van der Waals surface area contributed by atoms with Crippen molar-refractivity contribution in [1.82, 2.24) is 5.32 Å². The second-order valence-corrected chi connectivity index (χ2v) is 5.53. The minimum atomic E-state index is -0.642. The predicted octanol–water partition coefficient (Wildman–Crippen LogP) is 2.05. The molecular formula is C16H20N2O2. The standard InChI is InChI=1S/C16H20N2O2/c1-16(7-9-20-10-8-16)18-15(19)14(12-17)11-13-5-3-2-4-6-13/h2-6,14H,7-11H2,1H3,(H,18,19). The first-order valence-electron chi connectivity index (χ1n) is 6.96. The molecule has 1 aromatic rings. The largest absolute Gasteiger partial charge is 0.381 e. The Balaban J connectivity index is 1.97. The molecule has 4 nitrogen and oxygen atoms in total. The minimum Gasteiger partial charge on any atom is -0.381 e. The molecule has 0 spiro atoms. The van der Waals surface area contributed by atoms with Gasteiger partial charge < -0.3 is 10.1 Å². The predicted molar refractivity (Wildman–Crippen MR) is 75.8 cm³/mol. The molecule has 0 aromatic heterocycles. The number of ether oxygens (including phenoxy) is 1. The van der Waals surface area contributed by atoms with Crippen molar-refractivity contribution in [3.05, 3.63) is 35.9 Å². The van der Waals surface area contributed by atoms with E-state index in [-0.39, 0.29) is 11.4 Å². The summed E-state index contributed by atoms with van der Waals surface area (Å²) in [6.45, 7) is 3.34. The van der Waals surface area contributed by atoms with E-state index in [2.05, 4.69) is 11.4 Å². The third-order valence-corrected chi connectivity index (χ3v) is 3.78. The van der Waals surface area contributed by atoms with Crippen LogP contribution in [0.4, 0.5) is 0 Å². The molecule has 1 aliphatic rings. The summed E-state index contributed by atoms with van der Waals surface area (Å²) in [5.41, 5.74) is 0.757. The number of carbonyl (C=O) groups is 1. The number of nitrogens with zero attached hydrogens (tertiary/aromatic N) is 1. The lowest BCUT2D eigenvalue weighted by Gasteiger charge is -2.35. The lowest BCUT2D eigenvalue weighted by molar-refractivity contribution is -0.126. The van der Waals surface area contributed by atoms with Crippen LogP contribution in [-0.4, -0.2) is 24.7 Å². The fourth-order valence-electron chi connectivity index (χ4n) is 2.38. The highest BCUT2D eigenvalue weighted by molar-refractivity contribution is 5.82. The third kappa shape index (κ3) is 3.82. The average Bonchev–Trinajstić information content (AvgIpc) is 2.46. The molecule has 1 unspecified atom stereocenters. The smallest absolute Gasteiger partial charge is 0.238 e. The van der Waals surface area contributed by atoms with Crippen LogP contribution in [-0.2, 0) is 16.0 Å². The Morgan fingerprint density at radius 3 is 2.65 bits per heavy atom. The quantitative estimate of drug-likeness (QED) is 0.912. The number of nitriles is 1. The van der Waals surface area contributed by atoms with Crippen molar-refractivity contribution >= 4 is 5.91 Å². The lowest BCUT2D eigenvalue weighted by atomic mass is 9.90. The Morgan fingerprint density at radius 2 is 2.05 bits per heavy atom. The van der Waals surface area contributed by atoms with Crippen LogP contribution in [0.25, 0.3) is 0 Å². The summed E-state index contributed by atoms with van der Waals surface area (Å²) in [5, 5.41) is 12.3. The summed E-state index contributed by atoms with van der Waals surface area (Å²) in [4.78, 5) is 12.3. The highest BCUT2D eigenvalue weighted by Crippen LogP contribution is 2.20. The Labute approximate surface area is 119 Å². The number of hydrogen-bond donors (Lipinski definition) is 1. The van der Waals surface area contributed by atoms with Gasteiger partial charge in [0.2, 0.25) is 5.91 Å². The molecule has 0 bridgehead atoms. The Bertz CT molecular complexity index is 487. The van der Waals surface area contributed by atoms with Crippen molar-refractivity contribution in [3.8, 4) is 6.07 Å². The van der Waals surface area contributed by atoms with Gasteiger partial charge in [0.25, 0.3) is 0 Å². The normalized spacial score (nSPS) is 18.8. The van der Waals surface area contributed by atoms with Crippen LogP contribution in [0, 0.1) is 17.2 Å². The summed E-state index contributed by atoms with van der Waals surface area (Å²) in [6, 6.07) is 11.8. The van der Waals surface area contributed by atoms with Crippen LogP contribution in [0.15, 0.2) is 30.3 Å². The summed E-state index contributed by atoms with van der Waals surface area (Å²) in [5.74, 6) is -0.821. The molecule has 1 amide bonds. The van der Waals surface area contributed by atoms with Crippen molar-refractivity contribution in [2.75, 3.05) is 13.2 Å². The number of hydrogen-bond acceptors (Lipinski definition) is 3. The van der Waals surface area contributed by atoms with Crippen molar-refractivity contribution in [2.45, 2.75) is 31.7 Å². The van der Waals surface area contributed by atoms with Gasteiger partial charge in [-0.1, -0.05) is 30.3 Å². The lowest BCUT2D eigenvalue weighted by Crippen LogP contribution is -2.51. The minimum absolute atomic E-state index is 0.180. The van der Waals surface area contributed by atoms with Gasteiger partial charge in [-0.15, -0.1) is 0 Å². The van der Waals surface area contributed by atoms with Crippen molar-refractivity contribution in [2.24, 2.45) is 5.92 Å². The zero-order valence-corrected chi connectivity index (χ0v) is 11.8. The first kappa shape index (κ1) is 14.5. The van der Waals surface area contributed by atoms with Crippen LogP contribution in [0.2, 0.25) is 0 Å². The van der Waals surface area contributed by atoms with Gasteiger partial charge in [0.15, 0.2) is 0 Å². The number of nitrogens with one attached hydrogen (secondary N) is 1. The van der Waals surface area contributed by atoms with E-state index in [1.807, 2.05) is 37.3 Å². The monoisotopic (exact) mass is 272 g/mol. The van der Waals surface area contributed by atoms with E-state index < -0.39 is 5.92 Å². The molecule has 1 saturated heterocycles. The van der Waals surface area contributed by atoms with Gasteiger partial charge in [-0.05, 0) is 31.7 Å². The molecular weight excluding hydrogens is 252 g/mol. The molecule has 1 N–H and O–H groups in total. The van der Waals surface area contributed by atoms with E-state index in [1.54, 1.807) is 0 Å². The fraction of sp³-hybridized carbons (Fsp3) is 0.500. The summed E-state index contributed by atoms with van der Waals surface area (Å²) < 4.78 is 5.31. The number of carbonyl (C=O) groups excluding carboxylic acids is 1. The topological polar surface area (TPSA) is 62.1 Å². The molecule has 1 fully saturated rings. The van der Waals surface area contributed by atoms with Crippen molar-refractivity contribution < 1.29 is 9.53 Å². The molecule has 20 heavy (non-hydrogen) atoms. The molecule has 1 aromatic carbocycles. The maximum Gasteiger partial charge on any atom is 0.238 e. The van der Waals surface area contributed by atoms with E-state index in [9.17, 15) is 10.1 Å². The van der Waals surface area contributed by atoms with E-state index in [1.165, 1.54) is 0 Å². The molecule has 1 aliphatic heterocycles. The van der Waals surface area contributed by atoms with Crippen LogP contribution in [0.3, 0.4) is 0 Å². The van der Waals surface area contributed by atoms with Crippen molar-refractivity contribution in [1.29, 1.82) is 5.26 Å². The van der Waals surface area contributed by atoms with Gasteiger partial charge in [0.1, 0.15) is 5.92 Å². The second-order valence-electron chi connectivity index (χ2n) is 5.53. The van der Waals surface area contributed by atoms with Crippen LogP contribution in [0.5, 0.6) is 0 Å². The maximum absolute atomic E-state index is 12.3. The molecule has 0 saturated carbocycles. The first-order chi connectivity index (χ1) is 9.63. The van der Waals surface area contributed by atoms with Gasteiger partial charge in [-0.2, -0.15) is 5.26 Å². The Hall–Kier alpha value is -1.86. The van der Waals surface area contributed by atoms with Crippen molar-refractivity contribution in [3.63, 3.8) is 0 Å². The molecule has 4 heteroatoms. The molecule has 1 atom stereocenters. The number of amides is 1. The fourth-order valence-corrected chi connectivity index (χ4v) is 2.38. The van der Waals surface area contributed by atoms with E-state index >= 15 is 0 Å². The summed E-state index contributed by atoms with van der Waals surface area (Å²) in [6.07, 6.45) is 2.04. The average molecular weight is 272 g/mol. The van der Waals surface area contributed by atoms with Gasteiger partial charge in [0.05, 0.1) is 6.07 Å². The third-order valence-electron chi connectivity index (χ3n) is 3.78. The molecule has 0 radical (unpaired) electrons. The van der Waals surface area contributed by atoms with Gasteiger partial charge in [0, 0.05) is 18.8 Å². The summed E-state index contributed by atoms with van der Waals surface area (Å²) >= 11 is 0. The highest BCUT2D eigenvalue weighted by Gasteiger charge is 2.31. The molecule has 2 rings (SSSR count). The van der Waals surface area contributed by atoms with Crippen LogP contribution >= 0.6 is 0 Å². The van der Waals surface area contributed by atoms with Gasteiger partial charge in [-0.25, -0.2) is 0 Å². The zero-order valence-electron chi connectivity index (χ0n) is 11.8. The Kier molecular flexibility index (Phi) is 4.75. The zero-order chi connectivity index (χ0) is 14.4. The first-order valence-corrected chi connectivity index (χ1v) is 6.96. The van der Waals surface area contributed by atoms with Gasteiger partial charge in [-0.3, -0.25) is 4.79 Å². The van der Waals surface area contributed by atoms with E-state index in [0.29, 0.717) is 19.6 Å². The van der Waals surface area contributed by atoms with Gasteiger partial charge >= 0.3 is 0 Å². The summed E-state index contributed by atoms with van der Waals surface area (Å²) in [7, 11) is 0. The second kappa shape index (κ2) is 6.53. The molecule has 0 aliphatic carbocycles.